The van der Waals surface area contributed by atoms with Crippen LogP contribution in [0.3, 0.4) is 0 Å². The van der Waals surface area contributed by atoms with E-state index in [-0.39, 0.29) is 0 Å². The van der Waals surface area contributed by atoms with Crippen molar-refractivity contribution in [3.63, 3.8) is 0 Å². The van der Waals surface area contributed by atoms with Gasteiger partial charge in [0.25, 0.3) is 0 Å². The predicted molar refractivity (Wildman–Crippen MR) is 99.4 cm³/mol. The van der Waals surface area contributed by atoms with Crippen LogP contribution in [0.15, 0.2) is 35.3 Å². The molecule has 1 aromatic carbocycles. The topological polar surface area (TPSA) is 0 Å². The lowest BCUT2D eigenvalue weighted by Crippen LogP contribution is -2.25. The van der Waals surface area contributed by atoms with Crippen molar-refractivity contribution in [2.75, 3.05) is 0 Å². The summed E-state index contributed by atoms with van der Waals surface area (Å²) in [6.45, 7) is 2.18. The Bertz CT molecular complexity index is 471. The largest absolute Gasteiger partial charge is 0.0745 e. The average molecular weight is 361 g/mol. The molecule has 0 saturated heterocycles. The number of rotatable bonds is 3. The molecule has 0 radical (unpaired) electrons. The maximum Gasteiger partial charge on any atom is -0.0162 e. The first-order valence-electron chi connectivity index (χ1n) is 9.09. The van der Waals surface area contributed by atoms with E-state index in [4.69, 9.17) is 0 Å². The molecule has 0 amide bonds. The normalized spacial score (nSPS) is 33.2. The molecule has 0 aliphatic heterocycles. The van der Waals surface area contributed by atoms with Crippen molar-refractivity contribution in [1.82, 2.24) is 0 Å². The lowest BCUT2D eigenvalue weighted by molar-refractivity contribution is 0.171. The van der Waals surface area contributed by atoms with Gasteiger partial charge < -0.3 is 0 Å². The first kappa shape index (κ1) is 16.3. The van der Waals surface area contributed by atoms with Crippen LogP contribution in [-0.2, 0) is 0 Å². The number of aryl methyl sites for hydroxylation is 1. The van der Waals surface area contributed by atoms with E-state index in [1.54, 1.807) is 5.56 Å². The Morgan fingerprint density at radius 1 is 0.818 bits per heavy atom. The van der Waals surface area contributed by atoms with Crippen molar-refractivity contribution in [2.45, 2.75) is 64.2 Å². The van der Waals surface area contributed by atoms with Gasteiger partial charge in [0.05, 0.1) is 0 Å². The van der Waals surface area contributed by atoms with Crippen molar-refractivity contribution in [3.8, 4) is 0 Å². The van der Waals surface area contributed by atoms with Gasteiger partial charge >= 0.3 is 0 Å². The van der Waals surface area contributed by atoms with Crippen LogP contribution in [-0.4, -0.2) is 0 Å². The van der Waals surface area contributed by atoms with Crippen LogP contribution in [0.5, 0.6) is 0 Å². The predicted octanol–water partition coefficient (Wildman–Crippen LogP) is 6.98. The highest BCUT2D eigenvalue weighted by Crippen LogP contribution is 2.44. The smallest absolute Gasteiger partial charge is 0.0162 e. The minimum Gasteiger partial charge on any atom is -0.0745 e. The summed E-state index contributed by atoms with van der Waals surface area (Å²) >= 11 is 3.43. The van der Waals surface area contributed by atoms with Crippen molar-refractivity contribution < 1.29 is 0 Å². The fourth-order valence-corrected chi connectivity index (χ4v) is 5.11. The molecule has 1 aromatic rings. The standard InChI is InChI=1S/C21H29Br/c1-16-2-6-18(7-3-16)20-10-12-21(13-11-20)19-8-4-17(5-9-19)14-15-22/h2-3,6-7,14-15,17,19-21H,4-5,8-13H2,1H3. The number of benzene rings is 1. The summed E-state index contributed by atoms with van der Waals surface area (Å²) in [5, 5.41) is 0. The van der Waals surface area contributed by atoms with Crippen LogP contribution in [0.1, 0.15) is 68.4 Å². The molecule has 0 nitrogen and oxygen atoms in total. The number of hydrogen-bond acceptors (Lipinski definition) is 0. The summed E-state index contributed by atoms with van der Waals surface area (Å²) in [6.07, 6.45) is 13.8. The molecule has 0 aromatic heterocycles. The third-order valence-corrected chi connectivity index (χ3v) is 6.45. The summed E-state index contributed by atoms with van der Waals surface area (Å²) in [6, 6.07) is 9.27. The number of hydrogen-bond donors (Lipinski definition) is 0. The van der Waals surface area contributed by atoms with Crippen molar-refractivity contribution in [1.29, 1.82) is 0 Å². The summed E-state index contributed by atoms with van der Waals surface area (Å²) in [4.78, 5) is 2.06. The summed E-state index contributed by atoms with van der Waals surface area (Å²) in [5.74, 6) is 3.68. The van der Waals surface area contributed by atoms with E-state index in [0.29, 0.717) is 0 Å². The Morgan fingerprint density at radius 2 is 1.36 bits per heavy atom. The Morgan fingerprint density at radius 3 is 1.91 bits per heavy atom. The van der Waals surface area contributed by atoms with Gasteiger partial charge in [-0.05, 0) is 92.5 Å². The molecule has 0 atom stereocenters. The minimum absolute atomic E-state index is 0.824. The second-order valence-electron chi connectivity index (χ2n) is 7.52. The van der Waals surface area contributed by atoms with E-state index < -0.39 is 0 Å². The first-order valence-corrected chi connectivity index (χ1v) is 10.0. The molecule has 2 aliphatic rings. The van der Waals surface area contributed by atoms with Gasteiger partial charge in [-0.1, -0.05) is 51.8 Å². The van der Waals surface area contributed by atoms with Crippen LogP contribution in [0.2, 0.25) is 0 Å². The summed E-state index contributed by atoms with van der Waals surface area (Å²) in [7, 11) is 0. The van der Waals surface area contributed by atoms with Crippen molar-refractivity contribution >= 4 is 15.9 Å². The molecule has 0 spiro atoms. The molecule has 2 fully saturated rings. The highest BCUT2D eigenvalue weighted by Gasteiger charge is 2.30. The SMILES string of the molecule is Cc1ccc(C2CCC(C3CCC(C=CBr)CC3)CC2)cc1. The lowest BCUT2D eigenvalue weighted by atomic mass is 9.68. The highest BCUT2D eigenvalue weighted by atomic mass is 79.9. The van der Waals surface area contributed by atoms with E-state index in [0.717, 1.165) is 23.7 Å². The van der Waals surface area contributed by atoms with Crippen molar-refractivity contribution in [2.24, 2.45) is 17.8 Å². The highest BCUT2D eigenvalue weighted by molar-refractivity contribution is 9.11. The van der Waals surface area contributed by atoms with E-state index in [9.17, 15) is 0 Å². The van der Waals surface area contributed by atoms with Crippen LogP contribution >= 0.6 is 15.9 Å². The van der Waals surface area contributed by atoms with E-state index in [1.807, 2.05) is 0 Å². The number of allylic oxidation sites excluding steroid dienone is 1. The molecule has 2 aliphatic carbocycles. The van der Waals surface area contributed by atoms with E-state index in [2.05, 4.69) is 58.2 Å². The second kappa shape index (κ2) is 7.81. The minimum atomic E-state index is 0.824. The molecule has 1 heteroatoms. The maximum absolute atomic E-state index is 3.43. The van der Waals surface area contributed by atoms with Crippen LogP contribution < -0.4 is 0 Å². The Hall–Kier alpha value is -0.560. The van der Waals surface area contributed by atoms with Gasteiger partial charge in [0, 0.05) is 0 Å². The third kappa shape index (κ3) is 4.04. The summed E-state index contributed by atoms with van der Waals surface area (Å²) in [5.41, 5.74) is 2.96. The molecular weight excluding hydrogens is 332 g/mol. The first-order chi connectivity index (χ1) is 10.8. The molecule has 0 unspecified atom stereocenters. The van der Waals surface area contributed by atoms with Gasteiger partial charge in [0.1, 0.15) is 0 Å². The molecule has 3 rings (SSSR count). The van der Waals surface area contributed by atoms with E-state index >= 15 is 0 Å². The van der Waals surface area contributed by atoms with Crippen LogP contribution in [0, 0.1) is 24.7 Å². The van der Waals surface area contributed by atoms with Gasteiger partial charge in [-0.3, -0.25) is 0 Å². The van der Waals surface area contributed by atoms with E-state index in [1.165, 1.54) is 56.9 Å². The molecule has 22 heavy (non-hydrogen) atoms. The third-order valence-electron chi connectivity index (χ3n) is 6.15. The quantitative estimate of drug-likeness (QED) is 0.544. The van der Waals surface area contributed by atoms with Crippen molar-refractivity contribution in [3.05, 3.63) is 46.5 Å². The van der Waals surface area contributed by atoms with Gasteiger partial charge in [-0.15, -0.1) is 0 Å². The van der Waals surface area contributed by atoms with Gasteiger partial charge in [0.15, 0.2) is 0 Å². The average Bonchev–Trinajstić information content (AvgIpc) is 2.57. The van der Waals surface area contributed by atoms with Gasteiger partial charge in [-0.2, -0.15) is 0 Å². The Labute approximate surface area is 144 Å². The Kier molecular flexibility index (Phi) is 5.79. The molecule has 0 N–H and O–H groups in total. The lowest BCUT2D eigenvalue weighted by Gasteiger charge is -2.37. The fraction of sp³-hybridized carbons (Fsp3) is 0.619. The molecule has 0 bridgehead atoms. The Balaban J connectivity index is 1.49. The van der Waals surface area contributed by atoms with Gasteiger partial charge in [0.2, 0.25) is 0 Å². The zero-order valence-corrected chi connectivity index (χ0v) is 15.4. The molecule has 0 heterocycles. The monoisotopic (exact) mass is 360 g/mol. The zero-order valence-electron chi connectivity index (χ0n) is 13.8. The zero-order chi connectivity index (χ0) is 15.4. The number of halogens is 1. The summed E-state index contributed by atoms with van der Waals surface area (Å²) < 4.78 is 0. The molecule has 120 valence electrons. The molecular formula is C21H29Br. The second-order valence-corrected chi connectivity index (χ2v) is 8.04. The maximum atomic E-state index is 3.43. The van der Waals surface area contributed by atoms with Crippen LogP contribution in [0.4, 0.5) is 0 Å². The van der Waals surface area contributed by atoms with Gasteiger partial charge in [-0.25, -0.2) is 0 Å². The molecule has 2 saturated carbocycles. The fourth-order valence-electron chi connectivity index (χ4n) is 4.67. The van der Waals surface area contributed by atoms with Crippen LogP contribution in [0.25, 0.3) is 0 Å².